The van der Waals surface area contributed by atoms with Gasteiger partial charge < -0.3 is 10.6 Å². The van der Waals surface area contributed by atoms with Crippen LogP contribution in [0.5, 0.6) is 0 Å². The molecule has 0 spiro atoms. The lowest BCUT2D eigenvalue weighted by molar-refractivity contribution is 0.233. The highest BCUT2D eigenvalue weighted by Gasteiger charge is 2.33. The van der Waals surface area contributed by atoms with E-state index in [-0.39, 0.29) is 5.41 Å². The Balaban J connectivity index is 1.48. The zero-order valence-electron chi connectivity index (χ0n) is 16.5. The Bertz CT molecular complexity index is 984. The predicted molar refractivity (Wildman–Crippen MR) is 114 cm³/mol. The van der Waals surface area contributed by atoms with Crippen LogP contribution in [0.15, 0.2) is 48.7 Å². The lowest BCUT2D eigenvalue weighted by atomic mass is 9.73. The molecule has 2 aromatic carbocycles. The molecule has 0 aliphatic carbocycles. The summed E-state index contributed by atoms with van der Waals surface area (Å²) in [6.07, 6.45) is 1.79. The van der Waals surface area contributed by atoms with Crippen LogP contribution in [0.4, 0.5) is 11.4 Å². The fraction of sp³-hybridized carbons (Fsp3) is 0.348. The number of benzene rings is 2. The third-order valence-corrected chi connectivity index (χ3v) is 6.15. The van der Waals surface area contributed by atoms with E-state index in [1.54, 1.807) is 6.20 Å². The summed E-state index contributed by atoms with van der Waals surface area (Å²) in [7, 11) is 0. The number of nitrogens with one attached hydrogen (secondary N) is 3. The van der Waals surface area contributed by atoms with Crippen LogP contribution in [-0.2, 0) is 12.0 Å². The molecule has 3 N–H and O–H groups in total. The fourth-order valence-electron chi connectivity index (χ4n) is 4.51. The lowest BCUT2D eigenvalue weighted by Crippen LogP contribution is -2.42. The maximum absolute atomic E-state index is 4.08. The number of nitrogens with zero attached hydrogens (tertiary/aromatic N) is 2. The Morgan fingerprint density at radius 3 is 2.61 bits per heavy atom. The Morgan fingerprint density at radius 1 is 0.964 bits per heavy atom. The number of hydrogen-bond acceptors (Lipinski definition) is 4. The summed E-state index contributed by atoms with van der Waals surface area (Å²) in [4.78, 5) is 2.53. The van der Waals surface area contributed by atoms with E-state index in [1.807, 2.05) is 6.07 Å². The van der Waals surface area contributed by atoms with Crippen LogP contribution in [0.3, 0.4) is 0 Å². The van der Waals surface area contributed by atoms with Crippen LogP contribution >= 0.6 is 0 Å². The summed E-state index contributed by atoms with van der Waals surface area (Å²) in [5.41, 5.74) is 8.65. The molecule has 0 bridgehead atoms. The molecule has 0 saturated carbocycles. The van der Waals surface area contributed by atoms with Crippen LogP contribution in [0, 0.1) is 0 Å². The van der Waals surface area contributed by atoms with Crippen LogP contribution in [-0.4, -0.2) is 41.3 Å². The maximum Gasteiger partial charge on any atom is 0.0650 e. The largest absolute Gasteiger partial charge is 0.355 e. The van der Waals surface area contributed by atoms with Crippen molar-refractivity contribution in [2.24, 2.45) is 0 Å². The first-order chi connectivity index (χ1) is 13.6. The first kappa shape index (κ1) is 17.5. The van der Waals surface area contributed by atoms with Gasteiger partial charge in [-0.05, 0) is 34.9 Å². The van der Waals surface area contributed by atoms with Gasteiger partial charge in [0.1, 0.15) is 0 Å². The number of hydrogen-bond donors (Lipinski definition) is 3. The van der Waals surface area contributed by atoms with Crippen molar-refractivity contribution in [1.82, 2.24) is 20.4 Å². The van der Waals surface area contributed by atoms with Crippen molar-refractivity contribution in [3.8, 4) is 11.3 Å². The number of aromatic amines is 1. The van der Waals surface area contributed by atoms with Gasteiger partial charge >= 0.3 is 0 Å². The van der Waals surface area contributed by atoms with Crippen LogP contribution < -0.4 is 10.6 Å². The number of piperazine rings is 1. The van der Waals surface area contributed by atoms with E-state index in [1.165, 1.54) is 28.1 Å². The first-order valence-corrected chi connectivity index (χ1v) is 10.1. The maximum atomic E-state index is 4.08. The quantitative estimate of drug-likeness (QED) is 0.652. The van der Waals surface area contributed by atoms with Gasteiger partial charge in [0.2, 0.25) is 0 Å². The van der Waals surface area contributed by atoms with Gasteiger partial charge in [0, 0.05) is 61.3 Å². The number of aromatic nitrogens is 2. The predicted octanol–water partition coefficient (Wildman–Crippen LogP) is 3.86. The Labute approximate surface area is 166 Å². The first-order valence-electron chi connectivity index (χ1n) is 10.1. The molecule has 2 aliphatic rings. The summed E-state index contributed by atoms with van der Waals surface area (Å²) in [5, 5.41) is 14.2. The third-order valence-electron chi connectivity index (χ3n) is 6.15. The van der Waals surface area contributed by atoms with Crippen molar-refractivity contribution >= 4 is 11.4 Å². The van der Waals surface area contributed by atoms with Gasteiger partial charge in [-0.25, -0.2) is 0 Å². The molecule has 0 radical (unpaired) electrons. The Morgan fingerprint density at radius 2 is 1.82 bits per heavy atom. The van der Waals surface area contributed by atoms with E-state index in [2.05, 4.69) is 76.0 Å². The van der Waals surface area contributed by atoms with Gasteiger partial charge in [-0.3, -0.25) is 10.00 Å². The van der Waals surface area contributed by atoms with Gasteiger partial charge in [0.15, 0.2) is 0 Å². The molecule has 2 aliphatic heterocycles. The highest BCUT2D eigenvalue weighted by atomic mass is 15.2. The number of rotatable bonds is 3. The molecule has 5 heteroatoms. The van der Waals surface area contributed by atoms with E-state index >= 15 is 0 Å². The van der Waals surface area contributed by atoms with E-state index in [0.29, 0.717) is 0 Å². The van der Waals surface area contributed by atoms with Gasteiger partial charge in [-0.1, -0.05) is 38.1 Å². The average molecular weight is 374 g/mol. The van der Waals surface area contributed by atoms with Crippen molar-refractivity contribution in [2.75, 3.05) is 31.5 Å². The van der Waals surface area contributed by atoms with E-state index < -0.39 is 0 Å². The Hall–Kier alpha value is -2.63. The molecule has 144 valence electrons. The summed E-state index contributed by atoms with van der Waals surface area (Å²) >= 11 is 0. The van der Waals surface area contributed by atoms with Crippen molar-refractivity contribution in [2.45, 2.75) is 25.8 Å². The van der Waals surface area contributed by atoms with Gasteiger partial charge in [0.05, 0.1) is 5.69 Å². The van der Waals surface area contributed by atoms with Crippen molar-refractivity contribution in [3.63, 3.8) is 0 Å². The highest BCUT2D eigenvalue weighted by Crippen LogP contribution is 2.46. The molecule has 0 amide bonds. The van der Waals surface area contributed by atoms with Crippen LogP contribution in [0.2, 0.25) is 0 Å². The molecular formula is C23H27N5. The zero-order chi connectivity index (χ0) is 19.1. The highest BCUT2D eigenvalue weighted by molar-refractivity contribution is 5.79. The Kier molecular flexibility index (Phi) is 4.22. The SMILES string of the molecule is CC1(C)c2ccc(-c3ccn[nH]3)cc2Nc2ccc(CN3CCNCC3)cc21. The minimum Gasteiger partial charge on any atom is -0.355 e. The van der Waals surface area contributed by atoms with Crippen molar-refractivity contribution in [1.29, 1.82) is 0 Å². The van der Waals surface area contributed by atoms with E-state index in [9.17, 15) is 0 Å². The van der Waals surface area contributed by atoms with E-state index in [0.717, 1.165) is 44.0 Å². The van der Waals surface area contributed by atoms with Crippen molar-refractivity contribution in [3.05, 3.63) is 65.4 Å². The topological polar surface area (TPSA) is 56.0 Å². The fourth-order valence-corrected chi connectivity index (χ4v) is 4.51. The summed E-state index contributed by atoms with van der Waals surface area (Å²) in [6.45, 7) is 10.1. The molecule has 3 heterocycles. The van der Waals surface area contributed by atoms with Crippen LogP contribution in [0.1, 0.15) is 30.5 Å². The average Bonchev–Trinajstić information content (AvgIpc) is 3.24. The summed E-state index contributed by atoms with van der Waals surface area (Å²) < 4.78 is 0. The molecule has 28 heavy (non-hydrogen) atoms. The monoisotopic (exact) mass is 373 g/mol. The lowest BCUT2D eigenvalue weighted by Gasteiger charge is -2.36. The minimum atomic E-state index is -0.0398. The number of anilines is 2. The second-order valence-corrected chi connectivity index (χ2v) is 8.39. The summed E-state index contributed by atoms with van der Waals surface area (Å²) in [6, 6.07) is 15.6. The van der Waals surface area contributed by atoms with Crippen LogP contribution in [0.25, 0.3) is 11.3 Å². The molecule has 5 rings (SSSR count). The molecule has 1 saturated heterocycles. The zero-order valence-corrected chi connectivity index (χ0v) is 16.5. The molecule has 1 fully saturated rings. The second-order valence-electron chi connectivity index (χ2n) is 8.39. The number of fused-ring (bicyclic) bond motifs is 2. The smallest absolute Gasteiger partial charge is 0.0650 e. The number of H-pyrrole nitrogens is 1. The van der Waals surface area contributed by atoms with Gasteiger partial charge in [0.25, 0.3) is 0 Å². The van der Waals surface area contributed by atoms with Crippen molar-refractivity contribution < 1.29 is 0 Å². The van der Waals surface area contributed by atoms with Gasteiger partial charge in [-0.2, -0.15) is 5.10 Å². The second kappa shape index (κ2) is 6.76. The molecule has 0 unspecified atom stereocenters. The third kappa shape index (κ3) is 3.01. The summed E-state index contributed by atoms with van der Waals surface area (Å²) in [5.74, 6) is 0. The normalized spacial score (nSPS) is 18.2. The standard InChI is InChI=1S/C23H27N5/c1-23(2)18-5-4-17(20-7-8-25-27-20)14-22(18)26-21-6-3-16(13-19(21)23)15-28-11-9-24-10-12-28/h3-8,13-14,24,26H,9-12,15H2,1-2H3,(H,25,27). The molecule has 5 nitrogen and oxygen atoms in total. The molecular weight excluding hydrogens is 346 g/mol. The minimum absolute atomic E-state index is 0.0398. The van der Waals surface area contributed by atoms with E-state index in [4.69, 9.17) is 0 Å². The molecule has 1 aromatic heterocycles. The van der Waals surface area contributed by atoms with Gasteiger partial charge in [-0.15, -0.1) is 0 Å². The molecule has 0 atom stereocenters. The molecule has 3 aromatic rings.